The second kappa shape index (κ2) is 3.11. The molecule has 0 amide bonds. The van der Waals surface area contributed by atoms with Gasteiger partial charge in [-0.25, -0.2) is 3.71 Å². The number of nitrogens with zero attached hydrogens (tertiary/aromatic N) is 2. The van der Waals surface area contributed by atoms with E-state index in [0.717, 1.165) is 11.3 Å². The Morgan fingerprint density at radius 1 is 1.08 bits per heavy atom. The van der Waals surface area contributed by atoms with Gasteiger partial charge in [-0.15, -0.1) is 0 Å². The first-order valence-electron chi connectivity index (χ1n) is 3.63. The molecular formula is C9H7BrN2. The van der Waals surface area contributed by atoms with Crippen molar-refractivity contribution in [2.45, 2.75) is 0 Å². The van der Waals surface area contributed by atoms with Crippen LogP contribution in [0.5, 0.6) is 0 Å². The predicted molar refractivity (Wildman–Crippen MR) is 52.0 cm³/mol. The van der Waals surface area contributed by atoms with Crippen molar-refractivity contribution in [3.63, 3.8) is 0 Å². The van der Waals surface area contributed by atoms with Gasteiger partial charge in [-0.1, -0.05) is 30.3 Å². The predicted octanol–water partition coefficient (Wildman–Crippen LogP) is 2.71. The molecule has 0 spiro atoms. The second-order valence-electron chi connectivity index (χ2n) is 2.46. The zero-order valence-corrected chi connectivity index (χ0v) is 7.90. The highest BCUT2D eigenvalue weighted by Crippen LogP contribution is 2.16. The van der Waals surface area contributed by atoms with Crippen LogP contribution >= 0.6 is 16.1 Å². The van der Waals surface area contributed by atoms with Crippen molar-refractivity contribution in [2.75, 3.05) is 0 Å². The molecule has 0 atom stereocenters. The molecule has 0 radical (unpaired) electrons. The van der Waals surface area contributed by atoms with E-state index >= 15 is 0 Å². The molecule has 0 aliphatic rings. The molecule has 2 rings (SSSR count). The van der Waals surface area contributed by atoms with Gasteiger partial charge in [0.15, 0.2) is 0 Å². The summed E-state index contributed by atoms with van der Waals surface area (Å²) >= 11 is 3.23. The number of halogens is 1. The zero-order valence-electron chi connectivity index (χ0n) is 6.31. The van der Waals surface area contributed by atoms with Gasteiger partial charge < -0.3 is 0 Å². The lowest BCUT2D eigenvalue weighted by Gasteiger charge is -1.92. The van der Waals surface area contributed by atoms with Gasteiger partial charge in [0.1, 0.15) is 0 Å². The number of hydrogen-bond donors (Lipinski definition) is 0. The Morgan fingerprint density at radius 2 is 1.83 bits per heavy atom. The molecule has 1 aromatic heterocycles. The van der Waals surface area contributed by atoms with Crippen molar-refractivity contribution in [2.24, 2.45) is 0 Å². The van der Waals surface area contributed by atoms with Crippen LogP contribution in [-0.2, 0) is 0 Å². The normalized spacial score (nSPS) is 10.1. The topological polar surface area (TPSA) is 17.8 Å². The van der Waals surface area contributed by atoms with Gasteiger partial charge in [-0.05, 0) is 6.07 Å². The maximum absolute atomic E-state index is 4.21. The van der Waals surface area contributed by atoms with Crippen LogP contribution in [0.25, 0.3) is 11.3 Å². The summed E-state index contributed by atoms with van der Waals surface area (Å²) < 4.78 is 1.62. The van der Waals surface area contributed by atoms with Crippen molar-refractivity contribution in [3.8, 4) is 11.3 Å². The van der Waals surface area contributed by atoms with E-state index in [-0.39, 0.29) is 0 Å². The monoisotopic (exact) mass is 222 g/mol. The van der Waals surface area contributed by atoms with Gasteiger partial charge >= 0.3 is 0 Å². The van der Waals surface area contributed by atoms with Gasteiger partial charge in [-0.2, -0.15) is 5.10 Å². The minimum absolute atomic E-state index is 0.979. The summed E-state index contributed by atoms with van der Waals surface area (Å²) in [5.74, 6) is 0. The highest BCUT2D eigenvalue weighted by molar-refractivity contribution is 9.08. The third-order valence-corrected chi connectivity index (χ3v) is 2.02. The molecule has 2 aromatic rings. The first-order valence-corrected chi connectivity index (χ1v) is 4.34. The highest BCUT2D eigenvalue weighted by Gasteiger charge is 1.98. The molecule has 0 saturated heterocycles. The molecule has 0 aliphatic carbocycles. The van der Waals surface area contributed by atoms with Crippen LogP contribution in [0.1, 0.15) is 0 Å². The van der Waals surface area contributed by atoms with E-state index in [2.05, 4.69) is 21.2 Å². The second-order valence-corrected chi connectivity index (χ2v) is 3.18. The van der Waals surface area contributed by atoms with Crippen molar-refractivity contribution < 1.29 is 0 Å². The summed E-state index contributed by atoms with van der Waals surface area (Å²) in [5.41, 5.74) is 2.11. The molecule has 0 saturated carbocycles. The third kappa shape index (κ3) is 1.41. The molecule has 0 bridgehead atoms. The van der Waals surface area contributed by atoms with Gasteiger partial charge in [0.2, 0.25) is 0 Å². The smallest absolute Gasteiger partial charge is 0.0933 e. The first-order chi connectivity index (χ1) is 5.86. The van der Waals surface area contributed by atoms with E-state index in [1.165, 1.54) is 0 Å². The Balaban J connectivity index is 2.45. The van der Waals surface area contributed by atoms with Gasteiger partial charge in [0, 0.05) is 11.8 Å². The molecule has 1 heterocycles. The molecule has 0 N–H and O–H groups in total. The maximum Gasteiger partial charge on any atom is 0.0933 e. The Hall–Kier alpha value is -1.09. The standard InChI is InChI=1S/C9H7BrN2/c10-12-7-6-9(11-12)8-4-2-1-3-5-8/h1-7H. The summed E-state index contributed by atoms with van der Waals surface area (Å²) in [4.78, 5) is 0. The largest absolute Gasteiger partial charge is 0.204 e. The average Bonchev–Trinajstić information content (AvgIpc) is 2.54. The van der Waals surface area contributed by atoms with Crippen molar-refractivity contribution in [1.29, 1.82) is 0 Å². The average molecular weight is 223 g/mol. The van der Waals surface area contributed by atoms with E-state index in [4.69, 9.17) is 0 Å². The molecule has 2 nitrogen and oxygen atoms in total. The quantitative estimate of drug-likeness (QED) is 0.726. The van der Waals surface area contributed by atoms with Crippen LogP contribution in [0.15, 0.2) is 42.6 Å². The Labute approximate surface area is 79.2 Å². The van der Waals surface area contributed by atoms with Crippen LogP contribution in [0.3, 0.4) is 0 Å². The molecule has 3 heteroatoms. The van der Waals surface area contributed by atoms with E-state index in [0.29, 0.717) is 0 Å². The fourth-order valence-corrected chi connectivity index (χ4v) is 1.35. The zero-order chi connectivity index (χ0) is 8.39. The highest BCUT2D eigenvalue weighted by atomic mass is 79.9. The summed E-state index contributed by atoms with van der Waals surface area (Å²) in [6.07, 6.45) is 1.86. The fourth-order valence-electron chi connectivity index (χ4n) is 1.06. The summed E-state index contributed by atoms with van der Waals surface area (Å²) in [6, 6.07) is 12.0. The number of hydrogen-bond acceptors (Lipinski definition) is 1. The van der Waals surface area contributed by atoms with E-state index in [9.17, 15) is 0 Å². The van der Waals surface area contributed by atoms with Gasteiger partial charge in [0.05, 0.1) is 21.8 Å². The number of benzene rings is 1. The molecular weight excluding hydrogens is 216 g/mol. The molecule has 0 unspecified atom stereocenters. The van der Waals surface area contributed by atoms with Crippen LogP contribution in [0.2, 0.25) is 0 Å². The molecule has 0 fully saturated rings. The minimum Gasteiger partial charge on any atom is -0.204 e. The summed E-state index contributed by atoms with van der Waals surface area (Å²) in [6.45, 7) is 0. The first kappa shape index (κ1) is 7.55. The van der Waals surface area contributed by atoms with Crippen LogP contribution in [-0.4, -0.2) is 8.81 Å². The summed E-state index contributed by atoms with van der Waals surface area (Å²) in [7, 11) is 0. The van der Waals surface area contributed by atoms with Crippen molar-refractivity contribution >= 4 is 16.1 Å². The van der Waals surface area contributed by atoms with Gasteiger partial charge in [0.25, 0.3) is 0 Å². The fraction of sp³-hybridized carbons (Fsp3) is 0. The van der Waals surface area contributed by atoms with E-state index in [1.807, 2.05) is 42.6 Å². The molecule has 0 aliphatic heterocycles. The minimum atomic E-state index is 0.979. The van der Waals surface area contributed by atoms with Crippen molar-refractivity contribution in [3.05, 3.63) is 42.6 Å². The Bertz CT molecular complexity index is 367. The van der Waals surface area contributed by atoms with Crippen LogP contribution in [0, 0.1) is 0 Å². The number of rotatable bonds is 1. The van der Waals surface area contributed by atoms with Gasteiger partial charge in [-0.3, -0.25) is 0 Å². The Morgan fingerprint density at radius 3 is 2.42 bits per heavy atom. The van der Waals surface area contributed by atoms with E-state index < -0.39 is 0 Å². The molecule has 60 valence electrons. The lowest BCUT2D eigenvalue weighted by atomic mass is 10.2. The third-order valence-electron chi connectivity index (χ3n) is 1.63. The van der Waals surface area contributed by atoms with Crippen LogP contribution in [0.4, 0.5) is 0 Å². The maximum atomic E-state index is 4.21. The summed E-state index contributed by atoms with van der Waals surface area (Å²) in [5, 5.41) is 4.21. The molecule has 12 heavy (non-hydrogen) atoms. The molecule has 1 aromatic carbocycles. The lowest BCUT2D eigenvalue weighted by Crippen LogP contribution is -1.80. The lowest BCUT2D eigenvalue weighted by molar-refractivity contribution is 1.04. The Kier molecular flexibility index (Phi) is 1.96. The van der Waals surface area contributed by atoms with Crippen molar-refractivity contribution in [1.82, 2.24) is 8.81 Å². The SMILES string of the molecule is Brn1ccc(-c2ccccc2)n1. The van der Waals surface area contributed by atoms with Crippen LogP contribution < -0.4 is 0 Å². The number of aromatic nitrogens is 2. The van der Waals surface area contributed by atoms with E-state index in [1.54, 1.807) is 3.71 Å².